The van der Waals surface area contributed by atoms with Gasteiger partial charge in [0, 0.05) is 11.8 Å². The van der Waals surface area contributed by atoms with Crippen LogP contribution < -0.4 is 0 Å². The molecule has 0 saturated carbocycles. The maximum absolute atomic E-state index is 11.6. The molecule has 2 aromatic heterocycles. The van der Waals surface area contributed by atoms with Crippen LogP contribution in [0.1, 0.15) is 5.56 Å². The number of aryl methyl sites for hydroxylation is 1. The molecule has 0 aliphatic heterocycles. The number of benzene rings is 1. The van der Waals surface area contributed by atoms with E-state index in [0.717, 1.165) is 22.3 Å². The Balaban J connectivity index is 2.17. The van der Waals surface area contributed by atoms with Crippen LogP contribution in [0.15, 0.2) is 46.6 Å². The van der Waals surface area contributed by atoms with Crippen LogP contribution in [0.3, 0.4) is 0 Å². The first kappa shape index (κ1) is 15.1. The van der Waals surface area contributed by atoms with E-state index >= 15 is 0 Å². The second kappa shape index (κ2) is 5.40. The zero-order valence-corrected chi connectivity index (χ0v) is 14.1. The fourth-order valence-electron chi connectivity index (χ4n) is 2.30. The third-order valence-corrected chi connectivity index (χ3v) is 5.14. The summed E-state index contributed by atoms with van der Waals surface area (Å²) in [6, 6.07) is 8.88. The van der Waals surface area contributed by atoms with Gasteiger partial charge in [-0.05, 0) is 36.9 Å². The fraction of sp³-hybridized carbons (Fsp3) is 0.200. The summed E-state index contributed by atoms with van der Waals surface area (Å²) in [5.41, 5.74) is 3.86. The number of aromatic nitrogens is 3. The molecule has 0 N–H and O–H groups in total. The SMILES string of the molecule is CSc1ncc2c(C)cc(-c3ccc(S(C)(=O)=O)cc3)n2n1. The number of sulfone groups is 1. The molecule has 0 aliphatic carbocycles. The summed E-state index contributed by atoms with van der Waals surface area (Å²) in [6.45, 7) is 2.01. The lowest BCUT2D eigenvalue weighted by Gasteiger charge is -2.04. The van der Waals surface area contributed by atoms with Gasteiger partial charge in [-0.25, -0.2) is 17.9 Å². The van der Waals surface area contributed by atoms with E-state index in [1.54, 1.807) is 24.3 Å². The highest BCUT2D eigenvalue weighted by molar-refractivity contribution is 7.98. The highest BCUT2D eigenvalue weighted by Crippen LogP contribution is 2.26. The zero-order chi connectivity index (χ0) is 15.9. The topological polar surface area (TPSA) is 64.3 Å². The first-order valence-electron chi connectivity index (χ1n) is 6.60. The third kappa shape index (κ3) is 2.62. The second-order valence-electron chi connectivity index (χ2n) is 5.05. The van der Waals surface area contributed by atoms with Gasteiger partial charge in [0.25, 0.3) is 0 Å². The van der Waals surface area contributed by atoms with Crippen LogP contribution in [0.2, 0.25) is 0 Å². The summed E-state index contributed by atoms with van der Waals surface area (Å²) in [7, 11) is -3.19. The van der Waals surface area contributed by atoms with Crippen LogP contribution in [-0.4, -0.2) is 35.5 Å². The van der Waals surface area contributed by atoms with Crippen molar-refractivity contribution in [3.63, 3.8) is 0 Å². The molecule has 7 heteroatoms. The minimum atomic E-state index is -3.19. The van der Waals surface area contributed by atoms with Gasteiger partial charge in [-0.3, -0.25) is 0 Å². The van der Waals surface area contributed by atoms with Gasteiger partial charge in [-0.2, -0.15) is 0 Å². The van der Waals surface area contributed by atoms with Gasteiger partial charge in [0.05, 0.1) is 22.3 Å². The highest BCUT2D eigenvalue weighted by atomic mass is 32.2. The average molecular weight is 333 g/mol. The summed E-state index contributed by atoms with van der Waals surface area (Å²) in [5, 5.41) is 5.20. The molecule has 0 fully saturated rings. The van der Waals surface area contributed by atoms with Crippen molar-refractivity contribution in [3.8, 4) is 11.3 Å². The van der Waals surface area contributed by atoms with E-state index in [2.05, 4.69) is 10.1 Å². The van der Waals surface area contributed by atoms with E-state index in [0.29, 0.717) is 10.1 Å². The van der Waals surface area contributed by atoms with Crippen LogP contribution in [0.25, 0.3) is 16.8 Å². The maximum atomic E-state index is 11.6. The maximum Gasteiger partial charge on any atom is 0.207 e. The van der Waals surface area contributed by atoms with Crippen molar-refractivity contribution in [1.29, 1.82) is 0 Å². The molecule has 3 aromatic rings. The first-order valence-corrected chi connectivity index (χ1v) is 9.71. The Morgan fingerprint density at radius 3 is 2.45 bits per heavy atom. The Kier molecular flexibility index (Phi) is 3.70. The number of nitrogens with zero attached hydrogens (tertiary/aromatic N) is 3. The van der Waals surface area contributed by atoms with Gasteiger partial charge < -0.3 is 0 Å². The van der Waals surface area contributed by atoms with Crippen LogP contribution >= 0.6 is 11.8 Å². The molecule has 0 saturated heterocycles. The fourth-order valence-corrected chi connectivity index (χ4v) is 3.25. The van der Waals surface area contributed by atoms with Gasteiger partial charge in [0.1, 0.15) is 0 Å². The first-order chi connectivity index (χ1) is 10.4. The number of rotatable bonds is 3. The molecule has 0 unspecified atom stereocenters. The largest absolute Gasteiger partial charge is 0.229 e. The molecule has 0 amide bonds. The molecule has 2 heterocycles. The molecule has 22 heavy (non-hydrogen) atoms. The molecule has 0 aliphatic rings. The van der Waals surface area contributed by atoms with Gasteiger partial charge in [0.15, 0.2) is 9.84 Å². The predicted molar refractivity (Wildman–Crippen MR) is 88.1 cm³/mol. The smallest absolute Gasteiger partial charge is 0.207 e. The van der Waals surface area contributed by atoms with Crippen molar-refractivity contribution in [2.45, 2.75) is 17.0 Å². The molecule has 0 radical (unpaired) electrons. The van der Waals surface area contributed by atoms with Crippen molar-refractivity contribution >= 4 is 27.1 Å². The number of thioether (sulfide) groups is 1. The number of fused-ring (bicyclic) bond motifs is 1. The van der Waals surface area contributed by atoms with E-state index in [9.17, 15) is 8.42 Å². The van der Waals surface area contributed by atoms with Gasteiger partial charge in [-0.15, -0.1) is 5.10 Å². The number of hydrogen-bond donors (Lipinski definition) is 0. The summed E-state index contributed by atoms with van der Waals surface area (Å²) in [6.07, 6.45) is 4.94. The molecule has 0 bridgehead atoms. The van der Waals surface area contributed by atoms with Gasteiger partial charge in [0.2, 0.25) is 5.16 Å². The molecule has 3 rings (SSSR count). The quantitative estimate of drug-likeness (QED) is 0.690. The van der Waals surface area contributed by atoms with Crippen LogP contribution in [-0.2, 0) is 9.84 Å². The van der Waals surface area contributed by atoms with Crippen molar-refractivity contribution in [1.82, 2.24) is 14.6 Å². The molecule has 5 nitrogen and oxygen atoms in total. The van der Waals surface area contributed by atoms with Crippen LogP contribution in [0.4, 0.5) is 0 Å². The zero-order valence-electron chi connectivity index (χ0n) is 12.4. The van der Waals surface area contributed by atoms with Gasteiger partial charge in [-0.1, -0.05) is 23.9 Å². The monoisotopic (exact) mass is 333 g/mol. The number of hydrogen-bond acceptors (Lipinski definition) is 5. The molecular weight excluding hydrogens is 318 g/mol. The lowest BCUT2D eigenvalue weighted by molar-refractivity contribution is 0.602. The molecule has 0 atom stereocenters. The predicted octanol–water partition coefficient (Wildman–Crippen LogP) is 2.83. The Bertz CT molecular complexity index is 945. The summed E-state index contributed by atoms with van der Waals surface area (Å²) in [5.74, 6) is 0. The standard InChI is InChI=1S/C15H15N3O2S2/c1-10-8-13(18-14(10)9-16-15(17-18)21-2)11-4-6-12(7-5-11)22(3,19)20/h4-9H,1-3H3. The minimum absolute atomic E-state index is 0.313. The lowest BCUT2D eigenvalue weighted by Crippen LogP contribution is -1.99. The molecule has 0 spiro atoms. The second-order valence-corrected chi connectivity index (χ2v) is 7.84. The molecule has 1 aromatic carbocycles. The summed E-state index contributed by atoms with van der Waals surface area (Å²) < 4.78 is 25.0. The Morgan fingerprint density at radius 1 is 1.18 bits per heavy atom. The molecule has 114 valence electrons. The van der Waals surface area contributed by atoms with E-state index in [1.165, 1.54) is 18.0 Å². The van der Waals surface area contributed by atoms with Crippen LogP contribution in [0, 0.1) is 6.92 Å². The van der Waals surface area contributed by atoms with Crippen molar-refractivity contribution in [3.05, 3.63) is 42.1 Å². The Hall–Kier alpha value is -1.86. The van der Waals surface area contributed by atoms with Gasteiger partial charge >= 0.3 is 0 Å². The summed E-state index contributed by atoms with van der Waals surface area (Å²) in [4.78, 5) is 4.60. The van der Waals surface area contributed by atoms with E-state index in [1.807, 2.05) is 30.0 Å². The van der Waals surface area contributed by atoms with Crippen molar-refractivity contribution in [2.24, 2.45) is 0 Å². The van der Waals surface area contributed by atoms with E-state index in [-0.39, 0.29) is 0 Å². The van der Waals surface area contributed by atoms with Crippen LogP contribution in [0.5, 0.6) is 0 Å². The van der Waals surface area contributed by atoms with Crippen molar-refractivity contribution < 1.29 is 8.42 Å². The summed E-state index contributed by atoms with van der Waals surface area (Å²) >= 11 is 1.48. The minimum Gasteiger partial charge on any atom is -0.229 e. The highest BCUT2D eigenvalue weighted by Gasteiger charge is 2.12. The Labute approximate surface area is 133 Å². The van der Waals surface area contributed by atoms with E-state index < -0.39 is 9.84 Å². The Morgan fingerprint density at radius 2 is 1.86 bits per heavy atom. The van der Waals surface area contributed by atoms with Crippen molar-refractivity contribution in [2.75, 3.05) is 12.5 Å². The van der Waals surface area contributed by atoms with E-state index in [4.69, 9.17) is 0 Å². The lowest BCUT2D eigenvalue weighted by atomic mass is 10.1. The molecular formula is C15H15N3O2S2. The normalized spacial score (nSPS) is 12.0. The average Bonchev–Trinajstić information content (AvgIpc) is 2.83. The third-order valence-electron chi connectivity index (χ3n) is 3.46.